The summed E-state index contributed by atoms with van der Waals surface area (Å²) in [4.78, 5) is 19.6. The Bertz CT molecular complexity index is 966. The summed E-state index contributed by atoms with van der Waals surface area (Å²) in [5.41, 5.74) is 2.89. The number of nitrogens with zero attached hydrogens (tertiary/aromatic N) is 1. The van der Waals surface area contributed by atoms with Gasteiger partial charge in [0.25, 0.3) is 5.91 Å². The predicted octanol–water partition coefficient (Wildman–Crippen LogP) is 2.96. The second kappa shape index (κ2) is 9.80. The van der Waals surface area contributed by atoms with Gasteiger partial charge >= 0.3 is 0 Å². The monoisotopic (exact) mass is 397 g/mol. The first kappa shape index (κ1) is 19.8. The van der Waals surface area contributed by atoms with Crippen LogP contribution in [0.5, 0.6) is 0 Å². The molecule has 3 aromatic rings. The molecule has 0 spiro atoms. The van der Waals surface area contributed by atoms with Gasteiger partial charge in [-0.1, -0.05) is 41.9 Å². The average Bonchev–Trinajstić information content (AvgIpc) is 3.13. The van der Waals surface area contributed by atoms with Gasteiger partial charge in [-0.25, -0.2) is 0 Å². The van der Waals surface area contributed by atoms with Crippen LogP contribution in [-0.4, -0.2) is 43.5 Å². The third kappa shape index (κ3) is 5.04. The number of aromatic nitrogens is 1. The maximum absolute atomic E-state index is 12.1. The van der Waals surface area contributed by atoms with Gasteiger partial charge in [0.15, 0.2) is 5.96 Å². The Morgan fingerprint density at radius 3 is 2.54 bits per heavy atom. The van der Waals surface area contributed by atoms with Gasteiger partial charge in [-0.05, 0) is 30.2 Å². The van der Waals surface area contributed by atoms with E-state index < -0.39 is 0 Å². The van der Waals surface area contributed by atoms with Crippen molar-refractivity contribution in [3.05, 3.63) is 70.9 Å². The maximum Gasteiger partial charge on any atom is 0.252 e. The lowest BCUT2D eigenvalue weighted by Gasteiger charge is -2.12. The number of hydrogen-bond donors (Lipinski definition) is 4. The minimum absolute atomic E-state index is 0.185. The lowest BCUT2D eigenvalue weighted by Crippen LogP contribution is -2.42. The molecule has 0 aliphatic carbocycles. The van der Waals surface area contributed by atoms with E-state index in [-0.39, 0.29) is 5.91 Å². The van der Waals surface area contributed by atoms with Crippen LogP contribution in [0.3, 0.4) is 0 Å². The fourth-order valence-corrected chi connectivity index (χ4v) is 3.19. The van der Waals surface area contributed by atoms with Gasteiger partial charge in [-0.2, -0.15) is 0 Å². The molecule has 7 heteroatoms. The molecule has 0 fully saturated rings. The third-order valence-electron chi connectivity index (χ3n) is 4.41. The SMILES string of the molecule is CN=C(NCCNC(=O)c1ccccc1Cl)NCCc1c[nH]c2ccccc12. The molecule has 1 heterocycles. The summed E-state index contributed by atoms with van der Waals surface area (Å²) in [7, 11) is 1.73. The van der Waals surface area contributed by atoms with E-state index in [1.807, 2.05) is 18.3 Å². The quantitative estimate of drug-likeness (QED) is 0.281. The number of rotatable bonds is 7. The lowest BCUT2D eigenvalue weighted by molar-refractivity contribution is 0.0954. The summed E-state index contributed by atoms with van der Waals surface area (Å²) in [5.74, 6) is 0.515. The van der Waals surface area contributed by atoms with E-state index in [2.05, 4.69) is 38.1 Å². The zero-order valence-electron chi connectivity index (χ0n) is 15.8. The highest BCUT2D eigenvalue weighted by molar-refractivity contribution is 6.33. The van der Waals surface area contributed by atoms with E-state index in [0.29, 0.717) is 29.6 Å². The molecular formula is C21H24ClN5O. The van der Waals surface area contributed by atoms with Crippen LogP contribution in [0.2, 0.25) is 5.02 Å². The fraction of sp³-hybridized carbons (Fsp3) is 0.238. The Morgan fingerprint density at radius 1 is 1.00 bits per heavy atom. The van der Waals surface area contributed by atoms with Crippen molar-refractivity contribution in [2.24, 2.45) is 4.99 Å². The van der Waals surface area contributed by atoms with Crippen LogP contribution in [0, 0.1) is 0 Å². The number of guanidine groups is 1. The first-order valence-electron chi connectivity index (χ1n) is 9.21. The van der Waals surface area contributed by atoms with Crippen molar-refractivity contribution in [2.75, 3.05) is 26.7 Å². The molecule has 0 aliphatic heterocycles. The number of amides is 1. The molecule has 0 radical (unpaired) electrons. The van der Waals surface area contributed by atoms with Crippen molar-refractivity contribution >= 4 is 34.4 Å². The number of para-hydroxylation sites is 1. The summed E-state index contributed by atoms with van der Waals surface area (Å²) in [6.45, 7) is 1.78. The fourth-order valence-electron chi connectivity index (χ4n) is 2.97. The van der Waals surface area contributed by atoms with Crippen molar-refractivity contribution in [3.8, 4) is 0 Å². The Morgan fingerprint density at radius 2 is 1.71 bits per heavy atom. The predicted molar refractivity (Wildman–Crippen MR) is 115 cm³/mol. The number of hydrogen-bond acceptors (Lipinski definition) is 2. The highest BCUT2D eigenvalue weighted by Gasteiger charge is 2.08. The number of aromatic amines is 1. The maximum atomic E-state index is 12.1. The Kier molecular flexibility index (Phi) is 6.92. The van der Waals surface area contributed by atoms with E-state index in [1.165, 1.54) is 10.9 Å². The summed E-state index contributed by atoms with van der Waals surface area (Å²) < 4.78 is 0. The number of halogens is 1. The molecule has 28 heavy (non-hydrogen) atoms. The Balaban J connectivity index is 1.39. The number of carbonyl (C=O) groups excluding carboxylic acids is 1. The molecule has 3 rings (SSSR count). The van der Waals surface area contributed by atoms with Gasteiger partial charge in [0.1, 0.15) is 0 Å². The van der Waals surface area contributed by atoms with Crippen molar-refractivity contribution in [1.82, 2.24) is 20.9 Å². The van der Waals surface area contributed by atoms with E-state index in [9.17, 15) is 4.79 Å². The van der Waals surface area contributed by atoms with Crippen LogP contribution < -0.4 is 16.0 Å². The van der Waals surface area contributed by atoms with Crippen LogP contribution in [0.4, 0.5) is 0 Å². The third-order valence-corrected chi connectivity index (χ3v) is 4.74. The molecule has 0 atom stereocenters. The van der Waals surface area contributed by atoms with Gasteiger partial charge in [0.2, 0.25) is 0 Å². The number of carbonyl (C=O) groups is 1. The van der Waals surface area contributed by atoms with Gasteiger partial charge in [-0.15, -0.1) is 0 Å². The van der Waals surface area contributed by atoms with Crippen LogP contribution in [0.1, 0.15) is 15.9 Å². The topological polar surface area (TPSA) is 81.3 Å². The molecular weight excluding hydrogens is 374 g/mol. The smallest absolute Gasteiger partial charge is 0.252 e. The van der Waals surface area contributed by atoms with E-state index in [0.717, 1.165) is 18.5 Å². The zero-order chi connectivity index (χ0) is 19.8. The van der Waals surface area contributed by atoms with Gasteiger partial charge in [-0.3, -0.25) is 9.79 Å². The molecule has 4 N–H and O–H groups in total. The summed E-state index contributed by atoms with van der Waals surface area (Å²) in [5, 5.41) is 11.0. The average molecular weight is 398 g/mol. The summed E-state index contributed by atoms with van der Waals surface area (Å²) in [6, 6.07) is 15.3. The molecule has 0 bridgehead atoms. The molecule has 1 amide bonds. The van der Waals surface area contributed by atoms with E-state index >= 15 is 0 Å². The number of benzene rings is 2. The molecule has 0 saturated heterocycles. The first-order chi connectivity index (χ1) is 13.7. The summed E-state index contributed by atoms with van der Waals surface area (Å²) in [6.07, 6.45) is 2.93. The number of aliphatic imine (C=N–C) groups is 1. The van der Waals surface area contributed by atoms with Crippen molar-refractivity contribution < 1.29 is 4.79 Å². The minimum Gasteiger partial charge on any atom is -0.361 e. The van der Waals surface area contributed by atoms with E-state index in [4.69, 9.17) is 11.6 Å². The highest BCUT2D eigenvalue weighted by Crippen LogP contribution is 2.17. The zero-order valence-corrected chi connectivity index (χ0v) is 16.5. The Hall–Kier alpha value is -2.99. The second-order valence-electron chi connectivity index (χ2n) is 6.27. The molecule has 0 saturated carbocycles. The lowest BCUT2D eigenvalue weighted by atomic mass is 10.1. The van der Waals surface area contributed by atoms with Crippen LogP contribution in [0.15, 0.2) is 59.7 Å². The van der Waals surface area contributed by atoms with Crippen LogP contribution in [-0.2, 0) is 6.42 Å². The van der Waals surface area contributed by atoms with Gasteiger partial charge < -0.3 is 20.9 Å². The van der Waals surface area contributed by atoms with E-state index in [1.54, 1.807) is 31.3 Å². The number of nitrogens with one attached hydrogen (secondary N) is 4. The molecule has 6 nitrogen and oxygen atoms in total. The standard InChI is InChI=1S/C21H24ClN5O/c1-23-21(25-11-10-15-14-27-19-9-5-3-6-16(15)19)26-13-12-24-20(28)17-7-2-4-8-18(17)22/h2-9,14,27H,10-13H2,1H3,(H,24,28)(H2,23,25,26). The largest absolute Gasteiger partial charge is 0.361 e. The molecule has 0 unspecified atom stereocenters. The second-order valence-corrected chi connectivity index (χ2v) is 6.68. The normalized spacial score (nSPS) is 11.4. The van der Waals surface area contributed by atoms with Crippen molar-refractivity contribution in [2.45, 2.75) is 6.42 Å². The number of H-pyrrole nitrogens is 1. The Labute approximate surface area is 169 Å². The molecule has 146 valence electrons. The van der Waals surface area contributed by atoms with Crippen molar-refractivity contribution in [1.29, 1.82) is 0 Å². The van der Waals surface area contributed by atoms with Gasteiger partial charge in [0, 0.05) is 43.8 Å². The first-order valence-corrected chi connectivity index (χ1v) is 9.59. The molecule has 2 aromatic carbocycles. The van der Waals surface area contributed by atoms with Crippen LogP contribution in [0.25, 0.3) is 10.9 Å². The van der Waals surface area contributed by atoms with Crippen molar-refractivity contribution in [3.63, 3.8) is 0 Å². The molecule has 1 aromatic heterocycles. The number of fused-ring (bicyclic) bond motifs is 1. The van der Waals surface area contributed by atoms with Crippen LogP contribution >= 0.6 is 11.6 Å². The summed E-state index contributed by atoms with van der Waals surface area (Å²) >= 11 is 6.03. The minimum atomic E-state index is -0.185. The van der Waals surface area contributed by atoms with Gasteiger partial charge in [0.05, 0.1) is 10.6 Å². The molecule has 0 aliphatic rings. The highest BCUT2D eigenvalue weighted by atomic mass is 35.5.